The van der Waals surface area contributed by atoms with Crippen molar-refractivity contribution >= 4 is 27.9 Å². The van der Waals surface area contributed by atoms with Gasteiger partial charge in [-0.1, -0.05) is 85.0 Å². The van der Waals surface area contributed by atoms with Crippen LogP contribution in [-0.4, -0.2) is 9.55 Å². The van der Waals surface area contributed by atoms with Gasteiger partial charge in [-0.2, -0.15) is 0 Å². The molecule has 0 bridgehead atoms. The first kappa shape index (κ1) is 23.7. The van der Waals surface area contributed by atoms with Crippen LogP contribution in [0.25, 0.3) is 55.8 Å². The fourth-order valence-electron chi connectivity index (χ4n) is 7.26. The monoisotopic (exact) mass is 538 g/mol. The predicted octanol–water partition coefficient (Wildman–Crippen LogP) is 9.98. The summed E-state index contributed by atoms with van der Waals surface area (Å²) < 4.78 is 2.44. The van der Waals surface area contributed by atoms with Crippen LogP contribution in [0.15, 0.2) is 121 Å². The van der Waals surface area contributed by atoms with Crippen LogP contribution >= 0.6 is 0 Å². The Morgan fingerprint density at radius 1 is 0.738 bits per heavy atom. The zero-order chi connectivity index (χ0) is 27.6. The first-order valence-electron chi connectivity index (χ1n) is 15.1. The molecule has 0 fully saturated rings. The number of fused-ring (bicyclic) bond motifs is 7. The molecule has 6 aromatic rings. The van der Waals surface area contributed by atoms with Crippen molar-refractivity contribution in [1.82, 2.24) is 9.55 Å². The molecule has 0 spiro atoms. The number of aromatic nitrogens is 2. The third-order valence-electron chi connectivity index (χ3n) is 9.40. The Hall–Kier alpha value is -4.95. The minimum atomic E-state index is 0.345. The lowest BCUT2D eigenvalue weighted by Gasteiger charge is -2.15. The predicted molar refractivity (Wildman–Crippen MR) is 175 cm³/mol. The molecule has 2 heterocycles. The van der Waals surface area contributed by atoms with Crippen LogP contribution in [0.4, 0.5) is 0 Å². The van der Waals surface area contributed by atoms with E-state index in [0.717, 1.165) is 36.9 Å². The quantitative estimate of drug-likeness (QED) is 0.219. The topological polar surface area (TPSA) is 17.8 Å². The number of pyridine rings is 1. The van der Waals surface area contributed by atoms with Gasteiger partial charge in [0.15, 0.2) is 0 Å². The zero-order valence-corrected chi connectivity index (χ0v) is 23.4. The van der Waals surface area contributed by atoms with Gasteiger partial charge in [0, 0.05) is 33.8 Å². The molecule has 1 atom stereocenters. The summed E-state index contributed by atoms with van der Waals surface area (Å²) in [6, 6.07) is 34.1. The van der Waals surface area contributed by atoms with Crippen molar-refractivity contribution in [3.63, 3.8) is 0 Å². The number of rotatable bonds is 3. The maximum atomic E-state index is 5.14. The molecule has 3 aliphatic rings. The molecule has 2 nitrogen and oxygen atoms in total. The summed E-state index contributed by atoms with van der Waals surface area (Å²) >= 11 is 0. The number of nitrogens with zero attached hydrogens (tertiary/aromatic N) is 2. The Morgan fingerprint density at radius 3 is 2.57 bits per heavy atom. The molecule has 9 rings (SSSR count). The van der Waals surface area contributed by atoms with Crippen molar-refractivity contribution in [3.8, 4) is 27.9 Å². The maximum Gasteiger partial charge on any atom is 0.0726 e. The summed E-state index contributed by atoms with van der Waals surface area (Å²) in [7, 11) is 0. The molecule has 0 aliphatic heterocycles. The average Bonchev–Trinajstić information content (AvgIpc) is 3.59. The maximum absolute atomic E-state index is 5.14. The minimum Gasteiger partial charge on any atom is -0.310 e. The number of hydrogen-bond donors (Lipinski definition) is 0. The number of aryl methyl sites for hydroxylation is 1. The van der Waals surface area contributed by atoms with Gasteiger partial charge in [-0.25, -0.2) is 0 Å². The Morgan fingerprint density at radius 2 is 1.62 bits per heavy atom. The van der Waals surface area contributed by atoms with Crippen LogP contribution in [0.1, 0.15) is 46.8 Å². The van der Waals surface area contributed by atoms with E-state index >= 15 is 0 Å². The van der Waals surface area contributed by atoms with Crippen molar-refractivity contribution in [2.75, 3.05) is 0 Å². The van der Waals surface area contributed by atoms with Gasteiger partial charge in [0.25, 0.3) is 0 Å². The second-order valence-electron chi connectivity index (χ2n) is 11.8. The summed E-state index contributed by atoms with van der Waals surface area (Å²) in [6.45, 7) is 0. The van der Waals surface area contributed by atoms with Crippen molar-refractivity contribution in [3.05, 3.63) is 149 Å². The molecule has 3 aliphatic carbocycles. The Kier molecular flexibility index (Phi) is 5.25. The Balaban J connectivity index is 1.17. The van der Waals surface area contributed by atoms with Gasteiger partial charge in [-0.05, 0) is 107 Å². The lowest BCUT2D eigenvalue weighted by molar-refractivity contribution is 0.822. The molecule has 1 unspecified atom stereocenters. The minimum absolute atomic E-state index is 0.345. The summed E-state index contributed by atoms with van der Waals surface area (Å²) in [5, 5.41) is 2.54. The van der Waals surface area contributed by atoms with Crippen molar-refractivity contribution < 1.29 is 0 Å². The largest absolute Gasteiger partial charge is 0.310 e. The normalized spacial score (nSPS) is 16.6. The molecule has 2 aromatic heterocycles. The van der Waals surface area contributed by atoms with Crippen LogP contribution < -0.4 is 0 Å². The van der Waals surface area contributed by atoms with Crippen molar-refractivity contribution in [2.24, 2.45) is 0 Å². The van der Waals surface area contributed by atoms with Gasteiger partial charge in [0.2, 0.25) is 0 Å². The van der Waals surface area contributed by atoms with E-state index in [-0.39, 0.29) is 0 Å². The van der Waals surface area contributed by atoms with Gasteiger partial charge < -0.3 is 4.57 Å². The molecule has 200 valence electrons. The molecule has 42 heavy (non-hydrogen) atoms. The van der Waals surface area contributed by atoms with Gasteiger partial charge in [0.05, 0.1) is 11.0 Å². The van der Waals surface area contributed by atoms with Crippen LogP contribution in [-0.2, 0) is 12.8 Å². The Labute approximate surface area is 246 Å². The number of allylic oxidation sites excluding steroid dienone is 5. The van der Waals surface area contributed by atoms with E-state index in [4.69, 9.17) is 4.98 Å². The molecule has 0 saturated heterocycles. The van der Waals surface area contributed by atoms with E-state index in [1.807, 2.05) is 0 Å². The average molecular weight is 539 g/mol. The highest BCUT2D eigenvalue weighted by molar-refractivity contribution is 5.95. The lowest BCUT2D eigenvalue weighted by Crippen LogP contribution is -2.02. The van der Waals surface area contributed by atoms with E-state index in [2.05, 4.69) is 132 Å². The van der Waals surface area contributed by atoms with Crippen LogP contribution in [0.2, 0.25) is 0 Å². The van der Waals surface area contributed by atoms with Crippen molar-refractivity contribution in [1.29, 1.82) is 0 Å². The van der Waals surface area contributed by atoms with Crippen LogP contribution in [0, 0.1) is 0 Å². The first-order chi connectivity index (χ1) is 20.8. The van der Waals surface area contributed by atoms with E-state index in [1.54, 1.807) is 0 Å². The van der Waals surface area contributed by atoms with Crippen LogP contribution in [0.3, 0.4) is 0 Å². The second-order valence-corrected chi connectivity index (χ2v) is 11.8. The highest BCUT2D eigenvalue weighted by Crippen LogP contribution is 2.41. The summed E-state index contributed by atoms with van der Waals surface area (Å²) in [5.41, 5.74) is 15.6. The smallest absolute Gasteiger partial charge is 0.0726 e. The standard InChI is InChI=1S/C40H30N2/c1-2-8-26(9-3-1)37-20-17-27-16-19-32(25-38(27)41-37)42-39-13-7-6-12-34(39)36-24-29(18-21-40(36)42)28-14-15-31-22-30-10-4-5-11-33(30)35(31)23-28/h1-5,7-8,10-11,13-21,23-26H,6,9,12,22H2. The molecule has 4 aromatic carbocycles. The lowest BCUT2D eigenvalue weighted by atomic mass is 9.95. The van der Waals surface area contributed by atoms with Gasteiger partial charge in [-0.15, -0.1) is 0 Å². The molecule has 0 amide bonds. The van der Waals surface area contributed by atoms with Gasteiger partial charge in [0.1, 0.15) is 0 Å². The summed E-state index contributed by atoms with van der Waals surface area (Å²) in [4.78, 5) is 5.14. The van der Waals surface area contributed by atoms with E-state index in [0.29, 0.717) is 5.92 Å². The molecule has 0 radical (unpaired) electrons. The third kappa shape index (κ3) is 3.68. The summed E-state index contributed by atoms with van der Waals surface area (Å²) in [6.07, 6.45) is 17.6. The van der Waals surface area contributed by atoms with E-state index in [1.165, 1.54) is 66.6 Å². The van der Waals surface area contributed by atoms with Crippen LogP contribution in [0.5, 0.6) is 0 Å². The molecule has 2 heteroatoms. The first-order valence-corrected chi connectivity index (χ1v) is 15.1. The molecule has 0 N–H and O–H groups in total. The van der Waals surface area contributed by atoms with Gasteiger partial charge >= 0.3 is 0 Å². The highest BCUT2D eigenvalue weighted by atomic mass is 15.0. The second kappa shape index (κ2) is 9.29. The molecular formula is C40H30N2. The number of hydrogen-bond acceptors (Lipinski definition) is 1. The molecular weight excluding hydrogens is 508 g/mol. The van der Waals surface area contributed by atoms with E-state index < -0.39 is 0 Å². The SMILES string of the molecule is C1=CCC(c2ccc3ccc(-n4c5c(c6cc(-c7ccc8c(c7)-c7ccccc7C8)ccc64)CCC=C5)cc3n2)C=C1. The fourth-order valence-corrected chi connectivity index (χ4v) is 7.26. The Bertz CT molecular complexity index is 2150. The third-order valence-corrected chi connectivity index (χ3v) is 9.40. The molecule has 0 saturated carbocycles. The highest BCUT2D eigenvalue weighted by Gasteiger charge is 2.21. The number of benzene rings is 4. The zero-order valence-electron chi connectivity index (χ0n) is 23.4. The van der Waals surface area contributed by atoms with Crippen molar-refractivity contribution in [2.45, 2.75) is 31.6 Å². The summed E-state index contributed by atoms with van der Waals surface area (Å²) in [5.74, 6) is 0.345. The fraction of sp³-hybridized carbons (Fsp3) is 0.125. The van der Waals surface area contributed by atoms with Gasteiger partial charge in [-0.3, -0.25) is 4.98 Å². The van der Waals surface area contributed by atoms with E-state index in [9.17, 15) is 0 Å².